The van der Waals surface area contributed by atoms with E-state index in [1.165, 1.54) is 7.05 Å². The Labute approximate surface area is 193 Å². The van der Waals surface area contributed by atoms with Crippen molar-refractivity contribution < 1.29 is 23.4 Å². The Morgan fingerprint density at radius 2 is 1.91 bits per heavy atom. The van der Waals surface area contributed by atoms with Crippen LogP contribution < -0.4 is 5.32 Å². The number of aliphatic imine (C=N–C) groups is 1. The third-order valence-corrected chi connectivity index (χ3v) is 6.38. The summed E-state index contributed by atoms with van der Waals surface area (Å²) in [6, 6.07) is 8.71. The second kappa shape index (κ2) is 9.40. The molecular formula is C24H29FN4O4. The number of nitrogens with one attached hydrogen (secondary N) is 1. The van der Waals surface area contributed by atoms with Gasteiger partial charge in [0.1, 0.15) is 17.5 Å². The number of carbonyl (C=O) groups is 1. The number of amides is 1. The molecule has 2 saturated heterocycles. The van der Waals surface area contributed by atoms with Crippen LogP contribution in [0, 0.1) is 23.2 Å². The molecular weight excluding hydrogens is 427 g/mol. The summed E-state index contributed by atoms with van der Waals surface area (Å²) in [5.41, 5.74) is 0.802. The molecule has 0 aromatic heterocycles. The highest BCUT2D eigenvalue weighted by atomic mass is 19.1. The van der Waals surface area contributed by atoms with E-state index in [9.17, 15) is 4.79 Å². The first-order valence-corrected chi connectivity index (χ1v) is 11.1. The van der Waals surface area contributed by atoms with Crippen molar-refractivity contribution in [3.8, 4) is 6.07 Å². The van der Waals surface area contributed by atoms with Gasteiger partial charge in [0.15, 0.2) is 5.84 Å². The first-order chi connectivity index (χ1) is 15.8. The smallest absolute Gasteiger partial charge is 0.410 e. The highest BCUT2D eigenvalue weighted by molar-refractivity contribution is 6.06. The van der Waals surface area contributed by atoms with Crippen LogP contribution in [0.1, 0.15) is 32.3 Å². The fraction of sp³-hybridized carbons (Fsp3) is 0.542. The Morgan fingerprint density at radius 3 is 2.45 bits per heavy atom. The maximum absolute atomic E-state index is 15.2. The number of fused-ring (bicyclic) bond motifs is 2. The van der Waals surface area contributed by atoms with Crippen LogP contribution in [-0.2, 0) is 14.2 Å². The number of amidine groups is 1. The van der Waals surface area contributed by atoms with Crippen molar-refractivity contribution in [3.63, 3.8) is 0 Å². The molecule has 1 saturated carbocycles. The number of anilines is 1. The van der Waals surface area contributed by atoms with Crippen molar-refractivity contribution in [1.29, 1.82) is 5.26 Å². The Balaban J connectivity index is 1.42. The van der Waals surface area contributed by atoms with E-state index in [-0.39, 0.29) is 41.2 Å². The molecule has 33 heavy (non-hydrogen) atoms. The van der Waals surface area contributed by atoms with Crippen LogP contribution >= 0.6 is 0 Å². The van der Waals surface area contributed by atoms with Crippen molar-refractivity contribution in [1.82, 2.24) is 4.90 Å². The van der Waals surface area contributed by atoms with Crippen molar-refractivity contribution in [3.05, 3.63) is 41.4 Å². The number of hydrogen-bond donors (Lipinski definition) is 1. The Hall–Kier alpha value is -3.12. The van der Waals surface area contributed by atoms with Gasteiger partial charge >= 0.3 is 6.09 Å². The molecule has 0 radical (unpaired) electrons. The summed E-state index contributed by atoms with van der Waals surface area (Å²) < 4.78 is 32.6. The summed E-state index contributed by atoms with van der Waals surface area (Å²) in [5, 5.41) is 11.9. The Morgan fingerprint density at radius 1 is 1.27 bits per heavy atom. The lowest BCUT2D eigenvalue weighted by Gasteiger charge is -2.46. The maximum atomic E-state index is 15.2. The predicted molar refractivity (Wildman–Crippen MR) is 120 cm³/mol. The summed E-state index contributed by atoms with van der Waals surface area (Å²) in [4.78, 5) is 18.3. The average Bonchev–Trinajstić information content (AvgIpc) is 3.53. The monoisotopic (exact) mass is 456 g/mol. The molecule has 2 aliphatic heterocycles. The largest absolute Gasteiger partial charge is 0.491 e. The minimum Gasteiger partial charge on any atom is -0.491 e. The van der Waals surface area contributed by atoms with Crippen molar-refractivity contribution in [2.24, 2.45) is 16.8 Å². The van der Waals surface area contributed by atoms with Crippen molar-refractivity contribution in [2.45, 2.75) is 38.4 Å². The Bertz CT molecular complexity index is 983. The van der Waals surface area contributed by atoms with E-state index in [1.54, 1.807) is 36.1 Å². The van der Waals surface area contributed by atoms with E-state index in [1.807, 2.05) is 13.0 Å². The van der Waals surface area contributed by atoms with Crippen LogP contribution in [0.25, 0.3) is 0 Å². The molecule has 1 aromatic carbocycles. The molecule has 0 spiro atoms. The minimum atomic E-state index is -0.593. The molecule has 176 valence electrons. The highest BCUT2D eigenvalue weighted by Crippen LogP contribution is 2.40. The molecule has 2 heterocycles. The molecule has 1 amide bonds. The predicted octanol–water partition coefficient (Wildman–Crippen LogP) is 3.85. The van der Waals surface area contributed by atoms with E-state index in [2.05, 4.69) is 10.3 Å². The van der Waals surface area contributed by atoms with Gasteiger partial charge in [0.25, 0.3) is 0 Å². The van der Waals surface area contributed by atoms with Gasteiger partial charge in [0.2, 0.25) is 5.83 Å². The van der Waals surface area contributed by atoms with Gasteiger partial charge in [0.05, 0.1) is 24.8 Å². The molecule has 9 heteroatoms. The summed E-state index contributed by atoms with van der Waals surface area (Å²) in [6.45, 7) is 5.30. The van der Waals surface area contributed by atoms with Gasteiger partial charge in [-0.1, -0.05) is 0 Å². The fourth-order valence-electron chi connectivity index (χ4n) is 4.19. The fourth-order valence-corrected chi connectivity index (χ4v) is 4.19. The molecule has 3 aliphatic rings. The van der Waals surface area contributed by atoms with Gasteiger partial charge in [-0.15, -0.1) is 0 Å². The molecule has 1 aromatic rings. The number of hydrogen-bond acceptors (Lipinski definition) is 6. The molecule has 8 nitrogen and oxygen atoms in total. The molecule has 4 rings (SSSR count). The average molecular weight is 457 g/mol. The lowest BCUT2D eigenvalue weighted by molar-refractivity contribution is -0.130. The first-order valence-electron chi connectivity index (χ1n) is 11.1. The van der Waals surface area contributed by atoms with Crippen molar-refractivity contribution >= 4 is 17.6 Å². The summed E-state index contributed by atoms with van der Waals surface area (Å²) in [6.07, 6.45) is 1.24. The normalized spacial score (nSPS) is 26.6. The highest BCUT2D eigenvalue weighted by Gasteiger charge is 2.47. The summed E-state index contributed by atoms with van der Waals surface area (Å²) in [5.74, 6) is -0.580. The second-order valence-electron chi connectivity index (χ2n) is 9.12. The third kappa shape index (κ3) is 5.28. The topological polar surface area (TPSA) is 96.2 Å². The zero-order valence-electron chi connectivity index (χ0n) is 19.1. The van der Waals surface area contributed by atoms with E-state index in [0.29, 0.717) is 37.6 Å². The number of likely N-dealkylation sites (tertiary alicyclic amines) is 1. The van der Waals surface area contributed by atoms with Gasteiger partial charge in [-0.2, -0.15) is 9.65 Å². The number of ether oxygens (including phenoxy) is 3. The third-order valence-electron chi connectivity index (χ3n) is 6.38. The van der Waals surface area contributed by atoms with Crippen LogP contribution in [0.2, 0.25) is 0 Å². The standard InChI is InChI=1S/C24H29FN4O4/c1-15(20(25)22(27-3)28-19-6-4-16(10-26)5-7-19)32-21-17-11-29(12-18(21)14-31-13-17)23(30)33-24(2)8-9-24/h4-7,17-18,21H,8-9,11-14H2,1-3H3,(H,27,28). The number of rotatable bonds is 5. The molecule has 3 fully saturated rings. The van der Waals surface area contributed by atoms with Crippen LogP contribution in [0.15, 0.2) is 40.8 Å². The Kier molecular flexibility index (Phi) is 6.56. The molecule has 2 bridgehead atoms. The second-order valence-corrected chi connectivity index (χ2v) is 9.12. The number of benzene rings is 1. The van der Waals surface area contributed by atoms with E-state index in [4.69, 9.17) is 19.5 Å². The van der Waals surface area contributed by atoms with Gasteiger partial charge in [-0.25, -0.2) is 4.79 Å². The van der Waals surface area contributed by atoms with Crippen LogP contribution in [0.5, 0.6) is 0 Å². The zero-order valence-corrected chi connectivity index (χ0v) is 19.1. The number of allylic oxidation sites excluding steroid dienone is 1. The van der Waals surface area contributed by atoms with Crippen LogP contribution in [-0.4, -0.2) is 61.9 Å². The summed E-state index contributed by atoms with van der Waals surface area (Å²) >= 11 is 0. The zero-order chi connectivity index (χ0) is 23.6. The van der Waals surface area contributed by atoms with E-state index >= 15 is 4.39 Å². The lowest BCUT2D eigenvalue weighted by Crippen LogP contribution is -2.57. The number of nitriles is 1. The summed E-state index contributed by atoms with van der Waals surface area (Å²) in [7, 11) is 1.49. The maximum Gasteiger partial charge on any atom is 0.410 e. The molecule has 1 N–H and O–H groups in total. The van der Waals surface area contributed by atoms with E-state index < -0.39 is 5.83 Å². The van der Waals surface area contributed by atoms with Crippen molar-refractivity contribution in [2.75, 3.05) is 38.7 Å². The van der Waals surface area contributed by atoms with Crippen LogP contribution in [0.3, 0.4) is 0 Å². The molecule has 2 atom stereocenters. The number of nitrogens with zero attached hydrogens (tertiary/aromatic N) is 3. The van der Waals surface area contributed by atoms with Gasteiger partial charge in [-0.3, -0.25) is 4.99 Å². The van der Waals surface area contributed by atoms with Gasteiger partial charge in [0, 0.05) is 37.7 Å². The van der Waals surface area contributed by atoms with Crippen LogP contribution in [0.4, 0.5) is 14.9 Å². The van der Waals surface area contributed by atoms with Gasteiger partial charge < -0.3 is 24.4 Å². The lowest BCUT2D eigenvalue weighted by atomic mass is 9.84. The molecule has 2 unspecified atom stereocenters. The number of carbonyl (C=O) groups excluding carboxylic acids is 1. The number of halogens is 1. The SMILES string of the molecule is CN=C(Nc1ccc(C#N)cc1)C(F)=C(C)OC1C2COCC1CN(C(=O)OC1(C)CC1)C2. The van der Waals surface area contributed by atoms with Gasteiger partial charge in [-0.05, 0) is 51.0 Å². The molecule has 1 aliphatic carbocycles. The first kappa shape index (κ1) is 23.1. The minimum absolute atomic E-state index is 0.0392. The quantitative estimate of drug-likeness (QED) is 0.411. The number of piperidine rings is 1. The van der Waals surface area contributed by atoms with E-state index in [0.717, 1.165) is 12.8 Å².